The molecule has 0 radical (unpaired) electrons. The van der Waals surface area contributed by atoms with Crippen molar-refractivity contribution >= 4 is 51.2 Å². The molecule has 0 amide bonds. The van der Waals surface area contributed by atoms with E-state index in [0.29, 0.717) is 47.8 Å². The molecule has 4 aromatic rings. The van der Waals surface area contributed by atoms with Crippen LogP contribution in [0.4, 0.5) is 20.3 Å². The van der Waals surface area contributed by atoms with Gasteiger partial charge in [-0.2, -0.15) is 0 Å². The SMILES string of the molecule is CCn1cc(C(=O)O)c(=O)c2cc(/C=C(/c3c(N)[nH]c4c(NC)cc(F)c(F)c34)N(C)CCOC)cnc21. The van der Waals surface area contributed by atoms with Crippen molar-refractivity contribution in [2.24, 2.45) is 0 Å². The maximum atomic E-state index is 15.2. The first kappa shape index (κ1) is 26.6. The number of fused-ring (bicyclic) bond motifs is 2. The second-order valence-electron chi connectivity index (χ2n) is 8.68. The van der Waals surface area contributed by atoms with E-state index >= 15 is 4.39 Å². The summed E-state index contributed by atoms with van der Waals surface area (Å²) < 4.78 is 36.5. The number of likely N-dealkylation sites (N-methyl/N-ethyl adjacent to an activating group) is 1. The number of aromatic nitrogens is 3. The maximum absolute atomic E-state index is 15.2. The van der Waals surface area contributed by atoms with Crippen molar-refractivity contribution in [1.82, 2.24) is 19.4 Å². The highest BCUT2D eigenvalue weighted by Crippen LogP contribution is 2.39. The molecule has 10 nitrogen and oxygen atoms in total. The first-order valence-corrected chi connectivity index (χ1v) is 11.8. The number of methoxy groups -OCH3 is 1. The van der Waals surface area contributed by atoms with Gasteiger partial charge < -0.3 is 35.3 Å². The van der Waals surface area contributed by atoms with Crippen molar-refractivity contribution in [3.05, 3.63) is 63.1 Å². The van der Waals surface area contributed by atoms with Crippen LogP contribution in [0.1, 0.15) is 28.4 Å². The van der Waals surface area contributed by atoms with Crippen molar-refractivity contribution in [2.75, 3.05) is 45.4 Å². The van der Waals surface area contributed by atoms with Gasteiger partial charge in [-0.15, -0.1) is 0 Å². The average molecular weight is 527 g/mol. The molecule has 0 aliphatic rings. The van der Waals surface area contributed by atoms with Gasteiger partial charge in [0.05, 0.1) is 34.1 Å². The fourth-order valence-corrected chi connectivity index (χ4v) is 4.43. The van der Waals surface area contributed by atoms with Gasteiger partial charge in [0.2, 0.25) is 5.43 Å². The maximum Gasteiger partial charge on any atom is 0.341 e. The molecule has 3 aromatic heterocycles. The molecule has 0 saturated heterocycles. The molecule has 0 bridgehead atoms. The van der Waals surface area contributed by atoms with Crippen molar-refractivity contribution in [1.29, 1.82) is 0 Å². The number of nitrogen functional groups attached to an aromatic ring is 1. The van der Waals surface area contributed by atoms with Gasteiger partial charge in [-0.25, -0.2) is 18.6 Å². The summed E-state index contributed by atoms with van der Waals surface area (Å²) in [4.78, 5) is 33.7. The second-order valence-corrected chi connectivity index (χ2v) is 8.68. The van der Waals surface area contributed by atoms with Crippen molar-refractivity contribution in [3.8, 4) is 0 Å². The smallest absolute Gasteiger partial charge is 0.341 e. The van der Waals surface area contributed by atoms with Gasteiger partial charge in [0.15, 0.2) is 11.6 Å². The van der Waals surface area contributed by atoms with Crippen molar-refractivity contribution in [2.45, 2.75) is 13.5 Å². The Morgan fingerprint density at radius 3 is 2.74 bits per heavy atom. The summed E-state index contributed by atoms with van der Waals surface area (Å²) in [7, 11) is 4.86. The number of carboxylic acids is 1. The molecule has 200 valence electrons. The number of aromatic amines is 1. The minimum absolute atomic E-state index is 0.0439. The van der Waals surface area contributed by atoms with Gasteiger partial charge in [-0.1, -0.05) is 0 Å². The Labute approximate surface area is 216 Å². The predicted octanol–water partition coefficient (Wildman–Crippen LogP) is 3.57. The van der Waals surface area contributed by atoms with Crippen molar-refractivity contribution < 1.29 is 23.4 Å². The molecule has 0 saturated carbocycles. The molecule has 0 aliphatic carbocycles. The number of hydrogen-bond donors (Lipinski definition) is 4. The lowest BCUT2D eigenvalue weighted by atomic mass is 10.0. The number of ether oxygens (including phenoxy) is 1. The number of anilines is 2. The lowest BCUT2D eigenvalue weighted by molar-refractivity contribution is 0.0695. The number of nitrogens with zero attached hydrogens (tertiary/aromatic N) is 3. The number of aryl methyl sites for hydroxylation is 1. The molecule has 0 aliphatic heterocycles. The molecule has 12 heteroatoms. The summed E-state index contributed by atoms with van der Waals surface area (Å²) >= 11 is 0. The molecule has 38 heavy (non-hydrogen) atoms. The van der Waals surface area contributed by atoms with Gasteiger partial charge in [0.25, 0.3) is 0 Å². The average Bonchev–Trinajstić information content (AvgIpc) is 3.24. The fraction of sp³-hybridized carbons (Fsp3) is 0.269. The third kappa shape index (κ3) is 4.54. The monoisotopic (exact) mass is 526 g/mol. The topological polar surface area (TPSA) is 138 Å². The lowest BCUT2D eigenvalue weighted by Gasteiger charge is -2.23. The number of nitrogens with one attached hydrogen (secondary N) is 2. The number of carbonyl (C=O) groups is 1. The highest BCUT2D eigenvalue weighted by molar-refractivity contribution is 6.06. The molecule has 4 rings (SSSR count). The van der Waals surface area contributed by atoms with Crippen LogP contribution in [0.25, 0.3) is 33.7 Å². The highest BCUT2D eigenvalue weighted by atomic mass is 19.2. The number of aromatic carboxylic acids is 1. The van der Waals surface area contributed by atoms with Gasteiger partial charge >= 0.3 is 5.97 Å². The van der Waals surface area contributed by atoms with Crippen LogP contribution in [-0.2, 0) is 11.3 Å². The first-order chi connectivity index (χ1) is 18.1. The molecular formula is C26H28F2N6O4. The number of H-pyrrole nitrogens is 1. The van der Waals surface area contributed by atoms with Crippen LogP contribution < -0.4 is 16.5 Å². The fourth-order valence-electron chi connectivity index (χ4n) is 4.43. The van der Waals surface area contributed by atoms with Gasteiger partial charge in [-0.05, 0) is 24.6 Å². The number of rotatable bonds is 9. The molecule has 5 N–H and O–H groups in total. The molecule has 0 fully saturated rings. The van der Waals surface area contributed by atoms with Crippen molar-refractivity contribution in [3.63, 3.8) is 0 Å². The summed E-state index contributed by atoms with van der Waals surface area (Å²) in [6, 6.07) is 2.57. The van der Waals surface area contributed by atoms with Gasteiger partial charge in [0, 0.05) is 58.5 Å². The van der Waals surface area contributed by atoms with E-state index in [2.05, 4.69) is 15.3 Å². The van der Waals surface area contributed by atoms with Crippen LogP contribution in [0.5, 0.6) is 0 Å². The second kappa shape index (κ2) is 10.5. The van der Waals surface area contributed by atoms with Crippen LogP contribution in [0.3, 0.4) is 0 Å². The van der Waals surface area contributed by atoms with Crippen LogP contribution >= 0.6 is 0 Å². The number of nitrogens with two attached hydrogens (primary N) is 1. The van der Waals surface area contributed by atoms with E-state index in [1.54, 1.807) is 36.6 Å². The zero-order valence-electron chi connectivity index (χ0n) is 21.4. The first-order valence-electron chi connectivity index (χ1n) is 11.8. The van der Waals surface area contributed by atoms with E-state index in [9.17, 15) is 19.1 Å². The number of carboxylic acid groups (broad SMARTS) is 1. The quantitative estimate of drug-likeness (QED) is 0.260. The van der Waals surface area contributed by atoms with Crippen LogP contribution in [-0.4, -0.2) is 64.9 Å². The van der Waals surface area contributed by atoms with Gasteiger partial charge in [0.1, 0.15) is 17.0 Å². The standard InChI is InChI=1S/C26H28F2N6O4/c1-5-34-12-15(26(36)37)23(35)14-8-13(11-31-25(14)34)9-18(33(3)6-7-38-4)19-20-21(28)16(27)10-17(30-2)22(20)32-24(19)29/h8-12,30,32H,5-7,29H2,1-4H3,(H,36,37)/b18-9-. The summed E-state index contributed by atoms with van der Waals surface area (Å²) in [6.07, 6.45) is 4.41. The Hall–Kier alpha value is -4.45. The Kier molecular flexibility index (Phi) is 7.35. The molecule has 0 unspecified atom stereocenters. The molecular weight excluding hydrogens is 498 g/mol. The Morgan fingerprint density at radius 1 is 1.37 bits per heavy atom. The van der Waals surface area contributed by atoms with Crippen LogP contribution in [0, 0.1) is 11.6 Å². The Balaban J connectivity index is 2.02. The molecule has 0 spiro atoms. The Morgan fingerprint density at radius 2 is 2.11 bits per heavy atom. The zero-order valence-corrected chi connectivity index (χ0v) is 21.4. The summed E-state index contributed by atoms with van der Waals surface area (Å²) in [5.41, 5.74) is 7.26. The largest absolute Gasteiger partial charge is 0.477 e. The number of benzene rings is 1. The third-order valence-corrected chi connectivity index (χ3v) is 6.37. The summed E-state index contributed by atoms with van der Waals surface area (Å²) in [6.45, 7) is 2.90. The minimum atomic E-state index is -1.34. The molecule has 0 atom stereocenters. The van der Waals surface area contributed by atoms with E-state index in [1.807, 2.05) is 0 Å². The molecule has 1 aromatic carbocycles. The molecule has 3 heterocycles. The predicted molar refractivity (Wildman–Crippen MR) is 143 cm³/mol. The highest BCUT2D eigenvalue weighted by Gasteiger charge is 2.24. The van der Waals surface area contributed by atoms with Gasteiger partial charge in [-0.3, -0.25) is 4.79 Å². The Bertz CT molecular complexity index is 1640. The summed E-state index contributed by atoms with van der Waals surface area (Å²) in [5.74, 6) is -3.35. The van der Waals surface area contributed by atoms with Crippen LogP contribution in [0.2, 0.25) is 0 Å². The van der Waals surface area contributed by atoms with E-state index in [4.69, 9.17) is 10.5 Å². The minimum Gasteiger partial charge on any atom is -0.477 e. The number of halogens is 2. The normalized spacial score (nSPS) is 11.9. The van der Waals surface area contributed by atoms with E-state index in [1.165, 1.54) is 25.6 Å². The van der Waals surface area contributed by atoms with E-state index in [0.717, 1.165) is 6.07 Å². The third-order valence-electron chi connectivity index (χ3n) is 6.37. The van der Waals surface area contributed by atoms with Crippen LogP contribution in [0.15, 0.2) is 29.3 Å². The zero-order chi connectivity index (χ0) is 27.7. The van der Waals surface area contributed by atoms with E-state index in [-0.39, 0.29) is 27.7 Å². The lowest BCUT2D eigenvalue weighted by Crippen LogP contribution is -2.22. The number of pyridine rings is 2. The summed E-state index contributed by atoms with van der Waals surface area (Å²) in [5, 5.41) is 12.4. The van der Waals surface area contributed by atoms with E-state index < -0.39 is 23.0 Å². The number of hydrogen-bond acceptors (Lipinski definition) is 7.